The van der Waals surface area contributed by atoms with Crippen LogP contribution in [-0.4, -0.2) is 11.3 Å². The number of anilines is 1. The van der Waals surface area contributed by atoms with Crippen LogP contribution in [0.1, 0.15) is 18.4 Å². The zero-order valence-corrected chi connectivity index (χ0v) is 8.84. The number of hydrogen-bond acceptors (Lipinski definition) is 2. The molecule has 1 aromatic carbocycles. The Morgan fingerprint density at radius 3 is 3.15 bits per heavy atom. The molecule has 0 aliphatic carbocycles. The number of aryl methyl sites for hydroxylation is 1. The highest BCUT2D eigenvalue weighted by atomic mass is 79.9. The predicted molar refractivity (Wildman–Crippen MR) is 56.7 cm³/mol. The smallest absolute Gasteiger partial charge is 0.124 e. The first-order valence-electron chi connectivity index (χ1n) is 4.49. The van der Waals surface area contributed by atoms with E-state index in [1.807, 2.05) is 12.1 Å². The van der Waals surface area contributed by atoms with E-state index < -0.39 is 0 Å². The quantitative estimate of drug-likeness (QED) is 0.732. The lowest BCUT2D eigenvalue weighted by Gasteiger charge is -2.11. The van der Waals surface area contributed by atoms with Gasteiger partial charge in [0.15, 0.2) is 0 Å². The van der Waals surface area contributed by atoms with E-state index in [0.717, 1.165) is 29.4 Å². The van der Waals surface area contributed by atoms with Crippen LogP contribution in [0, 0.1) is 0 Å². The number of benzene rings is 1. The van der Waals surface area contributed by atoms with E-state index in [4.69, 9.17) is 0 Å². The van der Waals surface area contributed by atoms with Crippen LogP contribution in [0.15, 0.2) is 22.7 Å². The minimum atomic E-state index is -0.387. The first kappa shape index (κ1) is 9.03. The number of aliphatic hydroxyl groups is 1. The number of nitrogens with one attached hydrogen (secondary N) is 1. The maximum absolute atomic E-state index is 9.48. The van der Waals surface area contributed by atoms with E-state index in [1.54, 1.807) is 0 Å². The Balaban J connectivity index is 2.34. The van der Waals surface area contributed by atoms with E-state index in [-0.39, 0.29) is 6.23 Å². The zero-order valence-electron chi connectivity index (χ0n) is 7.26. The minimum absolute atomic E-state index is 0.387. The van der Waals surface area contributed by atoms with E-state index in [2.05, 4.69) is 27.3 Å². The Hall–Kier alpha value is -0.540. The summed E-state index contributed by atoms with van der Waals surface area (Å²) in [5.41, 5.74) is 2.35. The van der Waals surface area contributed by atoms with Crippen LogP contribution in [0.25, 0.3) is 0 Å². The summed E-state index contributed by atoms with van der Waals surface area (Å²) in [5.74, 6) is 0. The molecule has 0 spiro atoms. The first-order chi connectivity index (χ1) is 6.25. The average Bonchev–Trinajstić information content (AvgIpc) is 2.25. The summed E-state index contributed by atoms with van der Waals surface area (Å²) >= 11 is 3.44. The van der Waals surface area contributed by atoms with Crippen molar-refractivity contribution in [2.24, 2.45) is 0 Å². The van der Waals surface area contributed by atoms with Gasteiger partial charge in [0.1, 0.15) is 6.23 Å². The lowest BCUT2D eigenvalue weighted by molar-refractivity contribution is 0.192. The second-order valence-electron chi connectivity index (χ2n) is 3.35. The summed E-state index contributed by atoms with van der Waals surface area (Å²) in [5, 5.41) is 12.6. The Morgan fingerprint density at radius 1 is 1.46 bits per heavy atom. The number of hydrogen-bond donors (Lipinski definition) is 2. The van der Waals surface area contributed by atoms with Gasteiger partial charge in [-0.2, -0.15) is 0 Å². The molecule has 2 rings (SSSR count). The number of rotatable bonds is 0. The monoisotopic (exact) mass is 241 g/mol. The summed E-state index contributed by atoms with van der Waals surface area (Å²) in [6.07, 6.45) is 2.52. The number of fused-ring (bicyclic) bond motifs is 1. The van der Waals surface area contributed by atoms with Gasteiger partial charge in [-0.05, 0) is 43.0 Å². The van der Waals surface area contributed by atoms with Crippen LogP contribution in [0.5, 0.6) is 0 Å². The van der Waals surface area contributed by atoms with Crippen LogP contribution in [0.2, 0.25) is 0 Å². The lowest BCUT2D eigenvalue weighted by atomic mass is 10.1. The molecule has 0 bridgehead atoms. The van der Waals surface area contributed by atoms with Crippen LogP contribution in [0.3, 0.4) is 0 Å². The topological polar surface area (TPSA) is 32.3 Å². The zero-order chi connectivity index (χ0) is 9.26. The molecule has 1 atom stereocenters. The fraction of sp³-hybridized carbons (Fsp3) is 0.400. The van der Waals surface area contributed by atoms with Crippen molar-refractivity contribution in [2.45, 2.75) is 25.5 Å². The molecule has 13 heavy (non-hydrogen) atoms. The average molecular weight is 242 g/mol. The molecule has 70 valence electrons. The normalized spacial score (nSPS) is 21.5. The van der Waals surface area contributed by atoms with E-state index in [0.29, 0.717) is 0 Å². The predicted octanol–water partition coefficient (Wildman–Crippen LogP) is 2.52. The molecule has 1 aromatic rings. The molecule has 0 saturated carbocycles. The van der Waals surface area contributed by atoms with E-state index >= 15 is 0 Å². The fourth-order valence-electron chi connectivity index (χ4n) is 1.65. The van der Waals surface area contributed by atoms with E-state index in [9.17, 15) is 5.11 Å². The van der Waals surface area contributed by atoms with Gasteiger partial charge in [0.05, 0.1) is 0 Å². The molecule has 3 heteroatoms. The Kier molecular flexibility index (Phi) is 2.56. The van der Waals surface area contributed by atoms with Crippen molar-refractivity contribution < 1.29 is 5.11 Å². The third-order valence-corrected chi connectivity index (χ3v) is 2.81. The summed E-state index contributed by atoms with van der Waals surface area (Å²) in [6, 6.07) is 6.11. The SMILES string of the molecule is OC1CCCc2cc(Br)ccc2N1. The minimum Gasteiger partial charge on any atom is -0.374 e. The van der Waals surface area contributed by atoms with Crippen molar-refractivity contribution in [1.29, 1.82) is 0 Å². The van der Waals surface area contributed by atoms with Gasteiger partial charge in [-0.1, -0.05) is 15.9 Å². The lowest BCUT2D eigenvalue weighted by Crippen LogP contribution is -2.16. The molecule has 0 aromatic heterocycles. The van der Waals surface area contributed by atoms with Crippen LogP contribution < -0.4 is 5.32 Å². The standard InChI is InChI=1S/C10H12BrNO/c11-8-4-5-9-7(6-8)2-1-3-10(13)12-9/h4-6,10,12-13H,1-3H2. The van der Waals surface area contributed by atoms with Crippen LogP contribution in [-0.2, 0) is 6.42 Å². The Labute approximate surface area is 86.1 Å². The van der Waals surface area contributed by atoms with Gasteiger partial charge in [-0.3, -0.25) is 0 Å². The summed E-state index contributed by atoms with van der Waals surface area (Å²) < 4.78 is 1.10. The third kappa shape index (κ3) is 2.03. The highest BCUT2D eigenvalue weighted by molar-refractivity contribution is 9.10. The molecule has 2 N–H and O–H groups in total. The maximum atomic E-state index is 9.48. The largest absolute Gasteiger partial charge is 0.374 e. The van der Waals surface area contributed by atoms with Gasteiger partial charge < -0.3 is 10.4 Å². The van der Waals surface area contributed by atoms with Crippen molar-refractivity contribution >= 4 is 21.6 Å². The van der Waals surface area contributed by atoms with Gasteiger partial charge in [-0.15, -0.1) is 0 Å². The van der Waals surface area contributed by atoms with Gasteiger partial charge >= 0.3 is 0 Å². The van der Waals surface area contributed by atoms with Gasteiger partial charge in [0.2, 0.25) is 0 Å². The van der Waals surface area contributed by atoms with Gasteiger partial charge in [0.25, 0.3) is 0 Å². The Bertz CT molecular complexity index is 314. The van der Waals surface area contributed by atoms with E-state index in [1.165, 1.54) is 5.56 Å². The van der Waals surface area contributed by atoms with Crippen molar-refractivity contribution in [1.82, 2.24) is 0 Å². The molecule has 0 fully saturated rings. The van der Waals surface area contributed by atoms with Gasteiger partial charge in [-0.25, -0.2) is 0 Å². The third-order valence-electron chi connectivity index (χ3n) is 2.31. The summed E-state index contributed by atoms with van der Waals surface area (Å²) in [4.78, 5) is 0. The molecule has 0 saturated heterocycles. The second kappa shape index (κ2) is 3.68. The van der Waals surface area contributed by atoms with Crippen molar-refractivity contribution in [2.75, 3.05) is 5.32 Å². The summed E-state index contributed by atoms with van der Waals surface area (Å²) in [6.45, 7) is 0. The van der Waals surface area contributed by atoms with Crippen molar-refractivity contribution in [3.8, 4) is 0 Å². The molecular formula is C10H12BrNO. The van der Waals surface area contributed by atoms with Gasteiger partial charge in [0, 0.05) is 10.2 Å². The molecule has 2 nitrogen and oxygen atoms in total. The first-order valence-corrected chi connectivity index (χ1v) is 5.28. The molecular weight excluding hydrogens is 230 g/mol. The van der Waals surface area contributed by atoms with Crippen LogP contribution in [0.4, 0.5) is 5.69 Å². The molecule has 0 radical (unpaired) electrons. The fourth-order valence-corrected chi connectivity index (χ4v) is 2.06. The second-order valence-corrected chi connectivity index (χ2v) is 4.27. The number of aliphatic hydroxyl groups excluding tert-OH is 1. The maximum Gasteiger partial charge on any atom is 0.124 e. The number of halogens is 1. The molecule has 0 amide bonds. The molecule has 1 aliphatic heterocycles. The van der Waals surface area contributed by atoms with Crippen molar-refractivity contribution in [3.63, 3.8) is 0 Å². The van der Waals surface area contributed by atoms with Crippen molar-refractivity contribution in [3.05, 3.63) is 28.2 Å². The van der Waals surface area contributed by atoms with Crippen LogP contribution >= 0.6 is 15.9 Å². The molecule has 1 aliphatic rings. The summed E-state index contributed by atoms with van der Waals surface area (Å²) in [7, 11) is 0. The highest BCUT2D eigenvalue weighted by Gasteiger charge is 2.12. The highest BCUT2D eigenvalue weighted by Crippen LogP contribution is 2.26. The molecule has 1 heterocycles. The Morgan fingerprint density at radius 2 is 2.31 bits per heavy atom. The molecule has 1 unspecified atom stereocenters.